The quantitative estimate of drug-likeness (QED) is 0.236. The Morgan fingerprint density at radius 1 is 1.11 bits per heavy atom. The van der Waals surface area contributed by atoms with Gasteiger partial charge in [0, 0.05) is 25.6 Å². The lowest BCUT2D eigenvalue weighted by Gasteiger charge is -2.31. The van der Waals surface area contributed by atoms with Crippen LogP contribution in [-0.2, 0) is 27.2 Å². The van der Waals surface area contributed by atoms with Crippen molar-refractivity contribution in [3.8, 4) is 0 Å². The zero-order valence-electron chi connectivity index (χ0n) is 26.8. The number of alkyl carbamates (subject to hydrolysis) is 1. The minimum atomic E-state index is -0.832. The molecule has 11 heteroatoms. The van der Waals surface area contributed by atoms with Gasteiger partial charge in [0.25, 0.3) is 0 Å². The van der Waals surface area contributed by atoms with E-state index in [9.17, 15) is 14.7 Å². The van der Waals surface area contributed by atoms with E-state index >= 15 is 0 Å². The fraction of sp³-hybridized carbons (Fsp3) is 0.559. The Labute approximate surface area is 270 Å². The van der Waals surface area contributed by atoms with Gasteiger partial charge < -0.3 is 30.1 Å². The van der Waals surface area contributed by atoms with Gasteiger partial charge in [-0.25, -0.2) is 9.78 Å². The molecule has 5 atom stereocenters. The third-order valence-electron chi connectivity index (χ3n) is 8.41. The number of aliphatic hydroxyl groups excluding tert-OH is 1. The Kier molecular flexibility index (Phi) is 11.4. The zero-order chi connectivity index (χ0) is 31.9. The van der Waals surface area contributed by atoms with E-state index in [1.807, 2.05) is 61.5 Å². The molecular weight excluding hydrogens is 590 g/mol. The molecule has 1 aliphatic carbocycles. The second-order valence-electron chi connectivity index (χ2n) is 13.1. The first kappa shape index (κ1) is 33.3. The molecule has 1 aliphatic heterocycles. The molecule has 2 amide bonds. The van der Waals surface area contributed by atoms with E-state index in [1.54, 1.807) is 0 Å². The van der Waals surface area contributed by atoms with Gasteiger partial charge in [0.2, 0.25) is 5.91 Å². The van der Waals surface area contributed by atoms with Gasteiger partial charge in [0.05, 0.1) is 41.6 Å². The highest BCUT2D eigenvalue weighted by Crippen LogP contribution is 2.37. The summed E-state index contributed by atoms with van der Waals surface area (Å²) in [6, 6.07) is 15.5. The normalized spacial score (nSPS) is 20.9. The lowest BCUT2D eigenvalue weighted by molar-refractivity contribution is -0.116. The number of hydrogen-bond donors (Lipinski definition) is 3. The fourth-order valence-electron chi connectivity index (χ4n) is 6.46. The fourth-order valence-corrected chi connectivity index (χ4v) is 7.41. The molecule has 5 rings (SSSR count). The third kappa shape index (κ3) is 9.46. The van der Waals surface area contributed by atoms with Crippen molar-refractivity contribution in [2.45, 2.75) is 70.4 Å². The first-order valence-electron chi connectivity index (χ1n) is 16.0. The van der Waals surface area contributed by atoms with E-state index in [0.717, 1.165) is 47.2 Å². The predicted molar refractivity (Wildman–Crippen MR) is 177 cm³/mol. The molecule has 5 unspecified atom stereocenters. The van der Waals surface area contributed by atoms with Crippen LogP contribution in [0.3, 0.4) is 0 Å². The molecule has 45 heavy (non-hydrogen) atoms. The monoisotopic (exact) mass is 637 g/mol. The Bertz CT molecular complexity index is 1420. The van der Waals surface area contributed by atoms with Crippen LogP contribution in [0, 0.1) is 11.8 Å². The van der Waals surface area contributed by atoms with Crippen LogP contribution in [0.15, 0.2) is 48.5 Å². The van der Waals surface area contributed by atoms with Gasteiger partial charge >= 0.3 is 6.09 Å². The van der Waals surface area contributed by atoms with Gasteiger partial charge in [-0.2, -0.15) is 0 Å². The Hall–Kier alpha value is -3.09. The molecule has 0 spiro atoms. The number of benzene rings is 2. The molecule has 244 valence electrons. The van der Waals surface area contributed by atoms with Crippen LogP contribution < -0.4 is 10.6 Å². The number of nitrogens with one attached hydrogen (secondary N) is 2. The molecule has 0 bridgehead atoms. The summed E-state index contributed by atoms with van der Waals surface area (Å²) in [5.41, 5.74) is 2.95. The number of carbonyl (C=O) groups excluding carboxylic acids is 2. The van der Waals surface area contributed by atoms with Gasteiger partial charge in [-0.15, -0.1) is 0 Å². The summed E-state index contributed by atoms with van der Waals surface area (Å²) in [6.45, 7) is 6.81. The second kappa shape index (κ2) is 15.5. The molecule has 1 aromatic heterocycles. The van der Waals surface area contributed by atoms with Crippen molar-refractivity contribution in [2.24, 2.45) is 11.8 Å². The van der Waals surface area contributed by atoms with Crippen molar-refractivity contribution in [3.05, 3.63) is 59.7 Å². The number of likely N-dealkylation sites (N-methyl/N-ethyl adjacent to an activating group) is 1. The number of anilines is 1. The van der Waals surface area contributed by atoms with Crippen LogP contribution in [0.4, 0.5) is 9.93 Å². The highest BCUT2D eigenvalue weighted by Gasteiger charge is 2.42. The Balaban J connectivity index is 1.26. The molecule has 2 heterocycles. The number of nitrogens with zero attached hydrogens (tertiary/aromatic N) is 3. The number of amides is 2. The molecule has 2 fully saturated rings. The first-order valence-corrected chi connectivity index (χ1v) is 16.8. The van der Waals surface area contributed by atoms with Crippen molar-refractivity contribution in [1.29, 1.82) is 0 Å². The molecule has 2 aliphatic rings. The van der Waals surface area contributed by atoms with Crippen molar-refractivity contribution in [3.63, 3.8) is 0 Å². The average Bonchev–Trinajstić information content (AvgIpc) is 3.69. The lowest BCUT2D eigenvalue weighted by Crippen LogP contribution is -2.50. The van der Waals surface area contributed by atoms with E-state index in [0.29, 0.717) is 43.7 Å². The maximum Gasteiger partial charge on any atom is 0.407 e. The Morgan fingerprint density at radius 2 is 1.91 bits per heavy atom. The minimum Gasteiger partial charge on any atom is -0.443 e. The third-order valence-corrected chi connectivity index (χ3v) is 9.35. The predicted octanol–water partition coefficient (Wildman–Crippen LogP) is 4.52. The largest absolute Gasteiger partial charge is 0.443 e. The zero-order valence-corrected chi connectivity index (χ0v) is 27.6. The first-order chi connectivity index (χ1) is 21.6. The molecule has 3 N–H and O–H groups in total. The van der Waals surface area contributed by atoms with Gasteiger partial charge in [-0.3, -0.25) is 9.69 Å². The summed E-state index contributed by atoms with van der Waals surface area (Å²) >= 11 is 1.45. The van der Waals surface area contributed by atoms with Gasteiger partial charge in [0.15, 0.2) is 5.13 Å². The van der Waals surface area contributed by atoms with E-state index < -0.39 is 18.2 Å². The standard InChI is InChI=1S/C34H47N5O5S/c1-22(2)17-39(18-24-13-14-26-31(16-24)45-33(35-26)37-32(41)20-38(3)4)19-28(40)27(15-23-9-6-5-7-10-23)36-34(42)44-30-21-43-29-12-8-11-25(29)30/h5-7,9-10,13-14,16,22,25,27-30,40H,8,11-12,15,17-21H2,1-4H3,(H,36,42)(H,35,37,41). The molecule has 1 saturated carbocycles. The maximum absolute atomic E-state index is 13.1. The van der Waals surface area contributed by atoms with Crippen molar-refractivity contribution < 1.29 is 24.2 Å². The lowest BCUT2D eigenvalue weighted by atomic mass is 10.00. The molecule has 1 saturated heterocycles. The van der Waals surface area contributed by atoms with Crippen molar-refractivity contribution in [1.82, 2.24) is 20.1 Å². The smallest absolute Gasteiger partial charge is 0.407 e. The number of thiazole rings is 1. The number of hydrogen-bond acceptors (Lipinski definition) is 9. The molecule has 0 radical (unpaired) electrons. The average molecular weight is 638 g/mol. The van der Waals surface area contributed by atoms with Crippen molar-refractivity contribution in [2.75, 3.05) is 45.7 Å². The molecular formula is C34H47N5O5S. The summed E-state index contributed by atoms with van der Waals surface area (Å²) in [7, 11) is 3.71. The van der Waals surface area contributed by atoms with Crippen LogP contribution in [0.5, 0.6) is 0 Å². The second-order valence-corrected chi connectivity index (χ2v) is 14.1. The number of ether oxygens (including phenoxy) is 2. The van der Waals surface area contributed by atoms with E-state index in [2.05, 4.69) is 40.4 Å². The Morgan fingerprint density at radius 3 is 2.67 bits per heavy atom. The number of aromatic nitrogens is 1. The van der Waals surface area contributed by atoms with Crippen LogP contribution in [0.1, 0.15) is 44.2 Å². The maximum atomic E-state index is 13.1. The molecule has 10 nitrogen and oxygen atoms in total. The van der Waals surface area contributed by atoms with Crippen LogP contribution >= 0.6 is 11.3 Å². The number of fused-ring (bicyclic) bond motifs is 2. The highest BCUT2D eigenvalue weighted by atomic mass is 32.1. The topological polar surface area (TPSA) is 116 Å². The highest BCUT2D eigenvalue weighted by molar-refractivity contribution is 7.22. The SMILES string of the molecule is CC(C)CN(Cc1ccc2nc(NC(=O)CN(C)C)sc2c1)CC(O)C(Cc1ccccc1)NC(=O)OC1COC2CCCC21. The van der Waals surface area contributed by atoms with Gasteiger partial charge in [-0.1, -0.05) is 68.0 Å². The molecule has 3 aromatic rings. The molecule has 2 aromatic carbocycles. The number of rotatable bonds is 14. The van der Waals surface area contributed by atoms with E-state index in [-0.39, 0.29) is 24.0 Å². The van der Waals surface area contributed by atoms with Crippen LogP contribution in [0.25, 0.3) is 10.2 Å². The van der Waals surface area contributed by atoms with E-state index in [1.165, 1.54) is 11.3 Å². The summed E-state index contributed by atoms with van der Waals surface area (Å²) in [6.07, 6.45) is 2.23. The number of carbonyl (C=O) groups is 2. The van der Waals surface area contributed by atoms with Crippen LogP contribution in [0.2, 0.25) is 0 Å². The summed E-state index contributed by atoms with van der Waals surface area (Å²) in [5, 5.41) is 18.1. The number of aliphatic hydroxyl groups is 1. The van der Waals surface area contributed by atoms with E-state index in [4.69, 9.17) is 9.47 Å². The van der Waals surface area contributed by atoms with Crippen LogP contribution in [-0.4, -0.2) is 96.6 Å². The van der Waals surface area contributed by atoms with Gasteiger partial charge in [-0.05, 0) is 62.5 Å². The summed E-state index contributed by atoms with van der Waals surface area (Å²) in [5.74, 6) is 0.532. The van der Waals surface area contributed by atoms with Crippen molar-refractivity contribution >= 4 is 38.7 Å². The van der Waals surface area contributed by atoms with Gasteiger partial charge in [0.1, 0.15) is 6.10 Å². The minimum absolute atomic E-state index is 0.0989. The summed E-state index contributed by atoms with van der Waals surface area (Å²) < 4.78 is 12.7. The summed E-state index contributed by atoms with van der Waals surface area (Å²) in [4.78, 5) is 34.0.